The Balaban J connectivity index is 2.28. The van der Waals surface area contributed by atoms with Crippen LogP contribution in [0.15, 0.2) is 36.5 Å². The Labute approximate surface area is 137 Å². The van der Waals surface area contributed by atoms with Gasteiger partial charge in [-0.1, -0.05) is 29.5 Å². The van der Waals surface area contributed by atoms with Crippen LogP contribution in [0, 0.1) is 6.92 Å². The van der Waals surface area contributed by atoms with E-state index in [2.05, 4.69) is 9.97 Å². The van der Waals surface area contributed by atoms with Gasteiger partial charge >= 0.3 is 5.97 Å². The van der Waals surface area contributed by atoms with Gasteiger partial charge in [-0.15, -0.1) is 0 Å². The van der Waals surface area contributed by atoms with Crippen LogP contribution in [-0.4, -0.2) is 29.8 Å². The molecule has 0 aliphatic rings. The van der Waals surface area contributed by atoms with Gasteiger partial charge in [0.05, 0.1) is 16.2 Å². The van der Waals surface area contributed by atoms with Crippen molar-refractivity contribution in [2.75, 3.05) is 4.31 Å². The summed E-state index contributed by atoms with van der Waals surface area (Å²) in [5.74, 6) is -1.26. The topological polar surface area (TPSA) is 104 Å². The molecule has 3 rings (SSSR count). The van der Waals surface area contributed by atoms with Crippen LogP contribution in [-0.2, 0) is 11.3 Å². The fourth-order valence-electron chi connectivity index (χ4n) is 2.21. The van der Waals surface area contributed by atoms with Gasteiger partial charge in [0.1, 0.15) is 5.00 Å². The van der Waals surface area contributed by atoms with Crippen LogP contribution in [0.5, 0.6) is 0 Å². The average molecular weight is 349 g/mol. The van der Waals surface area contributed by atoms with Crippen LogP contribution in [0.2, 0.25) is 0 Å². The van der Waals surface area contributed by atoms with Crippen molar-refractivity contribution in [3.63, 3.8) is 0 Å². The first-order chi connectivity index (χ1) is 11.0. The van der Waals surface area contributed by atoms with Gasteiger partial charge in [0.15, 0.2) is 5.69 Å². The number of carboxylic acid groups (broad SMARTS) is 1. The van der Waals surface area contributed by atoms with E-state index < -0.39 is 17.2 Å². The number of rotatable bonds is 4. The molecule has 0 fully saturated rings. The number of nitrogens with zero attached hydrogens (tertiary/aromatic N) is 3. The summed E-state index contributed by atoms with van der Waals surface area (Å²) in [7, 11) is 0. The smallest absolute Gasteiger partial charge is 0.357 e. The predicted octanol–water partition coefficient (Wildman–Crippen LogP) is 2.97. The van der Waals surface area contributed by atoms with Gasteiger partial charge in [-0.3, -0.25) is 9.54 Å². The zero-order valence-corrected chi connectivity index (χ0v) is 13.5. The number of thiazole rings is 1. The first kappa shape index (κ1) is 15.5. The monoisotopic (exact) mass is 349 g/mol. The van der Waals surface area contributed by atoms with E-state index in [9.17, 15) is 18.7 Å². The zero-order chi connectivity index (χ0) is 16.6. The number of anilines is 2. The van der Waals surface area contributed by atoms with Crippen molar-refractivity contribution in [1.82, 2.24) is 9.97 Å². The molecule has 23 heavy (non-hydrogen) atoms. The summed E-state index contributed by atoms with van der Waals surface area (Å²) < 4.78 is 22.7. The number of fused-ring (bicyclic) bond motifs is 1. The molecule has 0 saturated carbocycles. The Morgan fingerprint density at radius 3 is 2.74 bits per heavy atom. The Hall–Kier alpha value is -2.36. The first-order valence-corrected chi connectivity index (χ1v) is 8.32. The molecule has 1 aromatic carbocycles. The Morgan fingerprint density at radius 2 is 2.04 bits per heavy atom. The summed E-state index contributed by atoms with van der Waals surface area (Å²) in [6.45, 7) is 1.64. The quantitative estimate of drug-likeness (QED) is 0.702. The highest BCUT2D eigenvalue weighted by Crippen LogP contribution is 2.37. The molecule has 0 aliphatic carbocycles. The van der Waals surface area contributed by atoms with Crippen LogP contribution in [0.4, 0.5) is 10.7 Å². The second-order valence-electron chi connectivity index (χ2n) is 4.57. The number of hydrogen-bond donors (Lipinski definition) is 2. The van der Waals surface area contributed by atoms with E-state index in [0.717, 1.165) is 21.0 Å². The van der Waals surface area contributed by atoms with E-state index >= 15 is 0 Å². The van der Waals surface area contributed by atoms with Gasteiger partial charge < -0.3 is 5.11 Å². The summed E-state index contributed by atoms with van der Waals surface area (Å²) in [5.41, 5.74) is 0.581. The molecule has 0 radical (unpaired) electrons. The molecule has 1 unspecified atom stereocenters. The van der Waals surface area contributed by atoms with Crippen molar-refractivity contribution in [2.24, 2.45) is 0 Å². The maximum absolute atomic E-state index is 11.9. The van der Waals surface area contributed by atoms with Gasteiger partial charge in [0.2, 0.25) is 0 Å². The molecular formula is C14H11N3O4S2. The van der Waals surface area contributed by atoms with E-state index in [1.807, 2.05) is 12.1 Å². The first-order valence-electron chi connectivity index (χ1n) is 6.44. The summed E-state index contributed by atoms with van der Waals surface area (Å²) in [6.07, 6.45) is 1.57. The minimum Gasteiger partial charge on any atom is -0.476 e. The maximum Gasteiger partial charge on any atom is 0.357 e. The number of hydrogen-bond acceptors (Lipinski definition) is 5. The standard InChI is InChI=1S/C14H11N3O4S2/c1-8-16-12(14(18)19)13(22-8)17(23(20)21)10-6-2-4-9-5-3-7-15-11(9)10/h2-7H,1H3,(H,18,19)(H,20,21). The van der Waals surface area contributed by atoms with Crippen LogP contribution >= 0.6 is 11.3 Å². The number of pyridine rings is 1. The van der Waals surface area contributed by atoms with E-state index in [-0.39, 0.29) is 10.7 Å². The molecule has 2 N–H and O–H groups in total. The highest BCUT2D eigenvalue weighted by Gasteiger charge is 2.27. The van der Waals surface area contributed by atoms with Gasteiger partial charge in [0.25, 0.3) is 11.3 Å². The normalized spacial score (nSPS) is 12.3. The molecule has 7 nitrogen and oxygen atoms in total. The lowest BCUT2D eigenvalue weighted by molar-refractivity contribution is 0.0692. The molecule has 118 valence electrons. The summed E-state index contributed by atoms with van der Waals surface area (Å²) >= 11 is -1.44. The molecule has 2 aromatic heterocycles. The Kier molecular flexibility index (Phi) is 4.07. The van der Waals surface area contributed by atoms with Crippen LogP contribution in [0.3, 0.4) is 0 Å². The molecule has 0 saturated heterocycles. The fourth-order valence-corrected chi connectivity index (χ4v) is 3.88. The molecule has 0 bridgehead atoms. The van der Waals surface area contributed by atoms with E-state index in [0.29, 0.717) is 16.2 Å². The molecule has 1 atom stereocenters. The van der Waals surface area contributed by atoms with Gasteiger partial charge in [-0.25, -0.2) is 18.3 Å². The molecule has 0 spiro atoms. The predicted molar refractivity (Wildman–Crippen MR) is 88.5 cm³/mol. The maximum atomic E-state index is 11.9. The SMILES string of the molecule is Cc1nc(C(=O)O)c(N(c2cccc3cccnc23)S(=O)O)s1. The highest BCUT2D eigenvalue weighted by molar-refractivity contribution is 7.81. The molecule has 3 aromatic rings. The number of aryl methyl sites for hydroxylation is 1. The minimum absolute atomic E-state index is 0.0917. The molecular weight excluding hydrogens is 338 g/mol. The average Bonchev–Trinajstić information content (AvgIpc) is 2.89. The zero-order valence-electron chi connectivity index (χ0n) is 11.8. The van der Waals surface area contributed by atoms with Gasteiger partial charge in [-0.05, 0) is 19.1 Å². The summed E-state index contributed by atoms with van der Waals surface area (Å²) in [6, 6.07) is 8.73. The van der Waals surface area contributed by atoms with Crippen LogP contribution in [0.25, 0.3) is 10.9 Å². The van der Waals surface area contributed by atoms with Crippen molar-refractivity contribution < 1.29 is 18.7 Å². The largest absolute Gasteiger partial charge is 0.476 e. The second kappa shape index (κ2) is 6.03. The lowest BCUT2D eigenvalue weighted by Crippen LogP contribution is -2.21. The molecule has 0 amide bonds. The van der Waals surface area contributed by atoms with Crippen molar-refractivity contribution in [3.8, 4) is 0 Å². The summed E-state index contributed by atoms with van der Waals surface area (Å²) in [4.78, 5) is 19.5. The van der Waals surface area contributed by atoms with Gasteiger partial charge in [0, 0.05) is 11.6 Å². The molecule has 0 aliphatic heterocycles. The third kappa shape index (κ3) is 2.81. The van der Waals surface area contributed by atoms with E-state index in [4.69, 9.17) is 0 Å². The Bertz CT molecular complexity index is 920. The third-order valence-corrected chi connectivity index (χ3v) is 4.85. The number of benzene rings is 1. The number of carboxylic acids is 1. The second-order valence-corrected chi connectivity index (χ2v) is 6.58. The summed E-state index contributed by atoms with van der Waals surface area (Å²) in [5, 5.41) is 10.6. The van der Waals surface area contributed by atoms with E-state index in [1.165, 1.54) is 0 Å². The minimum atomic E-state index is -2.47. The number of aromatic nitrogens is 2. The van der Waals surface area contributed by atoms with Crippen LogP contribution in [0.1, 0.15) is 15.5 Å². The highest BCUT2D eigenvalue weighted by atomic mass is 32.2. The number of aromatic carboxylic acids is 1. The van der Waals surface area contributed by atoms with Crippen LogP contribution < -0.4 is 4.31 Å². The van der Waals surface area contributed by atoms with Crippen molar-refractivity contribution >= 4 is 50.2 Å². The number of para-hydroxylation sites is 1. The van der Waals surface area contributed by atoms with Crippen molar-refractivity contribution in [3.05, 3.63) is 47.2 Å². The van der Waals surface area contributed by atoms with Crippen molar-refractivity contribution in [1.29, 1.82) is 0 Å². The fraction of sp³-hybridized carbons (Fsp3) is 0.0714. The molecule has 9 heteroatoms. The Morgan fingerprint density at radius 1 is 1.30 bits per heavy atom. The third-order valence-electron chi connectivity index (χ3n) is 3.09. The lowest BCUT2D eigenvalue weighted by Gasteiger charge is -2.19. The molecule has 2 heterocycles. The van der Waals surface area contributed by atoms with Crippen molar-refractivity contribution in [2.45, 2.75) is 6.92 Å². The number of carbonyl (C=O) groups is 1. The van der Waals surface area contributed by atoms with Gasteiger partial charge in [-0.2, -0.15) is 0 Å². The van der Waals surface area contributed by atoms with E-state index in [1.54, 1.807) is 31.3 Å². The lowest BCUT2D eigenvalue weighted by atomic mass is 10.2.